The Morgan fingerprint density at radius 1 is 1.13 bits per heavy atom. The van der Waals surface area contributed by atoms with Gasteiger partial charge in [-0.25, -0.2) is 0 Å². The third-order valence-corrected chi connectivity index (χ3v) is 8.18. The van der Waals surface area contributed by atoms with Gasteiger partial charge in [0, 0.05) is 16.4 Å². The summed E-state index contributed by atoms with van der Waals surface area (Å²) in [6, 6.07) is 20.5. The first kappa shape index (κ1) is 26.1. The minimum absolute atomic E-state index is 0.0393. The van der Waals surface area contributed by atoms with Gasteiger partial charge in [-0.05, 0) is 71.8 Å². The Balaban J connectivity index is 1.34. The number of hydrogen-bond donors (Lipinski definition) is 0. The lowest BCUT2D eigenvalue weighted by molar-refractivity contribution is -0.143. The number of furan rings is 1. The van der Waals surface area contributed by atoms with Crippen molar-refractivity contribution in [1.29, 1.82) is 0 Å². The molecule has 3 heterocycles. The first-order valence-corrected chi connectivity index (χ1v) is 13.8. The number of amides is 2. The highest BCUT2D eigenvalue weighted by atomic mass is 35.5. The maximum atomic E-state index is 13.8. The molecule has 0 fully saturated rings. The number of thiophene rings is 1. The summed E-state index contributed by atoms with van der Waals surface area (Å²) in [4.78, 5) is 31.8. The molecule has 2 amide bonds. The molecule has 2 aromatic carbocycles. The molecule has 2 aromatic heterocycles. The van der Waals surface area contributed by atoms with Crippen molar-refractivity contribution in [2.24, 2.45) is 0 Å². The Hall–Kier alpha value is -3.55. The zero-order chi connectivity index (χ0) is 26.5. The van der Waals surface area contributed by atoms with Crippen LogP contribution >= 0.6 is 22.9 Å². The number of halogens is 1. The molecule has 0 bridgehead atoms. The average molecular weight is 549 g/mol. The van der Waals surface area contributed by atoms with Crippen LogP contribution in [0, 0.1) is 6.92 Å². The first-order valence-electron chi connectivity index (χ1n) is 12.6. The lowest BCUT2D eigenvalue weighted by atomic mass is 10.00. The summed E-state index contributed by atoms with van der Waals surface area (Å²) in [5.41, 5.74) is 2.94. The van der Waals surface area contributed by atoms with E-state index in [1.807, 2.05) is 66.4 Å². The van der Waals surface area contributed by atoms with Crippen LogP contribution in [0.3, 0.4) is 0 Å². The summed E-state index contributed by atoms with van der Waals surface area (Å²) in [6.07, 6.45) is 2.57. The van der Waals surface area contributed by atoms with Crippen LogP contribution in [0.25, 0.3) is 0 Å². The summed E-state index contributed by atoms with van der Waals surface area (Å²) in [7, 11) is 0. The summed E-state index contributed by atoms with van der Waals surface area (Å²) < 4.78 is 11.7. The van der Waals surface area contributed by atoms with Gasteiger partial charge in [0.15, 0.2) is 0 Å². The highest BCUT2D eigenvalue weighted by Gasteiger charge is 2.33. The van der Waals surface area contributed by atoms with Crippen LogP contribution < -0.4 is 4.74 Å². The molecule has 5 rings (SSSR count). The van der Waals surface area contributed by atoms with E-state index in [1.165, 1.54) is 4.88 Å². The molecule has 1 aliphatic heterocycles. The fourth-order valence-electron chi connectivity index (χ4n) is 4.72. The topological polar surface area (TPSA) is 63.0 Å². The predicted molar refractivity (Wildman–Crippen MR) is 148 cm³/mol. The predicted octanol–water partition coefficient (Wildman–Crippen LogP) is 6.08. The third kappa shape index (κ3) is 6.11. The number of nitrogens with zero attached hydrogens (tertiary/aromatic N) is 2. The fraction of sp³-hybridized carbons (Fsp3) is 0.267. The Morgan fingerprint density at radius 3 is 2.74 bits per heavy atom. The van der Waals surface area contributed by atoms with Crippen LogP contribution in [0.1, 0.15) is 33.4 Å². The first-order chi connectivity index (χ1) is 18.5. The Bertz CT molecular complexity index is 1390. The lowest BCUT2D eigenvalue weighted by Crippen LogP contribution is -2.47. The second-order valence-electron chi connectivity index (χ2n) is 9.37. The number of benzene rings is 2. The summed E-state index contributed by atoms with van der Waals surface area (Å²) >= 11 is 7.88. The number of carbonyl (C=O) groups is 2. The van der Waals surface area contributed by atoms with Crippen LogP contribution in [0.15, 0.2) is 82.8 Å². The van der Waals surface area contributed by atoms with E-state index in [2.05, 4.69) is 11.4 Å². The summed E-state index contributed by atoms with van der Waals surface area (Å²) in [5, 5.41) is 2.74. The maximum absolute atomic E-state index is 13.8. The number of fused-ring (bicyclic) bond motifs is 1. The molecule has 0 saturated carbocycles. The van der Waals surface area contributed by atoms with Gasteiger partial charge in [0.1, 0.15) is 24.7 Å². The van der Waals surface area contributed by atoms with E-state index in [1.54, 1.807) is 28.6 Å². The monoisotopic (exact) mass is 548 g/mol. The SMILES string of the molecule is Cc1cc(OCC2c3ccsc3CCN2C(=O)CN(Cc2ccco2)C(=O)Cc2ccccc2)ccc1Cl. The molecule has 38 heavy (non-hydrogen) atoms. The number of rotatable bonds is 9. The maximum Gasteiger partial charge on any atom is 0.242 e. The van der Waals surface area contributed by atoms with E-state index in [9.17, 15) is 9.59 Å². The minimum Gasteiger partial charge on any atom is -0.491 e. The van der Waals surface area contributed by atoms with Crippen LogP contribution in [0.4, 0.5) is 0 Å². The van der Waals surface area contributed by atoms with Crippen molar-refractivity contribution in [3.05, 3.63) is 111 Å². The standard InChI is InChI=1S/C30H29ClN2O4S/c1-21-16-23(9-10-26(21)31)37-20-27-25-12-15-38-28(25)11-13-33(27)30(35)19-32(18-24-8-5-14-36-24)29(34)17-22-6-3-2-4-7-22/h2-10,12,14-16,27H,11,13,17-20H2,1H3. The average Bonchev–Trinajstić information content (AvgIpc) is 3.61. The van der Waals surface area contributed by atoms with Crippen molar-refractivity contribution in [2.45, 2.75) is 32.4 Å². The van der Waals surface area contributed by atoms with E-state index < -0.39 is 0 Å². The molecule has 0 spiro atoms. The van der Waals surface area contributed by atoms with Crippen LogP contribution in [-0.4, -0.2) is 41.3 Å². The van der Waals surface area contributed by atoms with Crippen LogP contribution in [0.5, 0.6) is 5.75 Å². The number of aryl methyl sites for hydroxylation is 1. The molecular formula is C30H29ClN2O4S. The molecule has 0 N–H and O–H groups in total. The summed E-state index contributed by atoms with van der Waals surface area (Å²) in [6.45, 7) is 3.01. The smallest absolute Gasteiger partial charge is 0.242 e. The van der Waals surface area contributed by atoms with Gasteiger partial charge in [0.2, 0.25) is 11.8 Å². The van der Waals surface area contributed by atoms with Gasteiger partial charge in [0.25, 0.3) is 0 Å². The van der Waals surface area contributed by atoms with Crippen molar-refractivity contribution in [3.8, 4) is 5.75 Å². The van der Waals surface area contributed by atoms with Crippen molar-refractivity contribution in [2.75, 3.05) is 19.7 Å². The Kier molecular flexibility index (Phi) is 8.15. The Morgan fingerprint density at radius 2 is 1.97 bits per heavy atom. The van der Waals surface area contributed by atoms with E-state index in [-0.39, 0.29) is 37.4 Å². The van der Waals surface area contributed by atoms with Crippen LogP contribution in [-0.2, 0) is 29.0 Å². The van der Waals surface area contributed by atoms with Gasteiger partial charge >= 0.3 is 0 Å². The second kappa shape index (κ2) is 11.9. The zero-order valence-corrected chi connectivity index (χ0v) is 22.7. The molecule has 196 valence electrons. The summed E-state index contributed by atoms with van der Waals surface area (Å²) in [5.74, 6) is 1.10. The quantitative estimate of drug-likeness (QED) is 0.254. The van der Waals surface area contributed by atoms with Gasteiger partial charge in [0.05, 0.1) is 25.3 Å². The molecule has 4 aromatic rings. The minimum atomic E-state index is -0.247. The van der Waals surface area contributed by atoms with Gasteiger partial charge < -0.3 is 19.0 Å². The molecule has 6 nitrogen and oxygen atoms in total. The lowest BCUT2D eigenvalue weighted by Gasteiger charge is -2.37. The van der Waals surface area contributed by atoms with Gasteiger partial charge in [-0.3, -0.25) is 9.59 Å². The van der Waals surface area contributed by atoms with Crippen molar-refractivity contribution in [3.63, 3.8) is 0 Å². The third-order valence-electron chi connectivity index (χ3n) is 6.76. The van der Waals surface area contributed by atoms with Gasteiger partial charge in [-0.2, -0.15) is 0 Å². The molecular weight excluding hydrogens is 520 g/mol. The van der Waals surface area contributed by atoms with Crippen molar-refractivity contribution in [1.82, 2.24) is 9.80 Å². The number of hydrogen-bond acceptors (Lipinski definition) is 5. The highest BCUT2D eigenvalue weighted by Crippen LogP contribution is 2.34. The van der Waals surface area contributed by atoms with Crippen molar-refractivity contribution < 1.29 is 18.7 Å². The highest BCUT2D eigenvalue weighted by molar-refractivity contribution is 7.10. The molecule has 8 heteroatoms. The molecule has 1 unspecified atom stereocenters. The molecule has 0 saturated heterocycles. The van der Waals surface area contributed by atoms with E-state index in [4.69, 9.17) is 20.8 Å². The van der Waals surface area contributed by atoms with E-state index in [0.29, 0.717) is 29.7 Å². The number of carbonyl (C=O) groups excluding carboxylic acids is 2. The van der Waals surface area contributed by atoms with E-state index >= 15 is 0 Å². The van der Waals surface area contributed by atoms with Crippen LogP contribution in [0.2, 0.25) is 5.02 Å². The molecule has 0 aliphatic carbocycles. The van der Waals surface area contributed by atoms with E-state index in [0.717, 1.165) is 23.1 Å². The Labute approximate surface area is 231 Å². The molecule has 0 radical (unpaired) electrons. The normalized spacial score (nSPS) is 14.7. The van der Waals surface area contributed by atoms with Gasteiger partial charge in [-0.1, -0.05) is 41.9 Å². The molecule has 1 atom stereocenters. The number of ether oxygens (including phenoxy) is 1. The largest absolute Gasteiger partial charge is 0.491 e. The second-order valence-corrected chi connectivity index (χ2v) is 10.8. The zero-order valence-electron chi connectivity index (χ0n) is 21.1. The fourth-order valence-corrected chi connectivity index (χ4v) is 5.76. The molecule has 1 aliphatic rings. The van der Waals surface area contributed by atoms with Gasteiger partial charge in [-0.15, -0.1) is 11.3 Å². The van der Waals surface area contributed by atoms with Crippen molar-refractivity contribution >= 4 is 34.8 Å².